The summed E-state index contributed by atoms with van der Waals surface area (Å²) in [6.07, 6.45) is 1.93. The molecule has 2 aromatic carbocycles. The monoisotopic (exact) mass is 519 g/mol. The van der Waals surface area contributed by atoms with Crippen molar-refractivity contribution in [2.75, 3.05) is 6.61 Å². The quantitative estimate of drug-likeness (QED) is 0.295. The summed E-state index contributed by atoms with van der Waals surface area (Å²) in [6, 6.07) is 13.2. The molecule has 0 spiro atoms. The minimum atomic E-state index is -1.06. The van der Waals surface area contributed by atoms with Crippen LogP contribution in [0.5, 0.6) is 0 Å². The fourth-order valence-electron chi connectivity index (χ4n) is 4.81. The smallest absolute Gasteiger partial charge is 0.328 e. The van der Waals surface area contributed by atoms with Crippen LogP contribution in [0.4, 0.5) is 0 Å². The van der Waals surface area contributed by atoms with Gasteiger partial charge in [-0.3, -0.25) is 9.59 Å². The number of nitrogens with zero attached hydrogens (tertiary/aromatic N) is 1. The van der Waals surface area contributed by atoms with Crippen molar-refractivity contribution < 1.29 is 24.2 Å². The average Bonchev–Trinajstić information content (AvgIpc) is 2.82. The number of aliphatic carboxylic acids is 1. The lowest BCUT2D eigenvalue weighted by atomic mass is 9.74. The van der Waals surface area contributed by atoms with Gasteiger partial charge in [-0.15, -0.1) is 0 Å². The summed E-state index contributed by atoms with van der Waals surface area (Å²) < 4.78 is 5.53. The van der Waals surface area contributed by atoms with E-state index in [1.807, 2.05) is 44.2 Å². The van der Waals surface area contributed by atoms with Gasteiger partial charge in [0.2, 0.25) is 5.91 Å². The molecule has 1 fully saturated rings. The van der Waals surface area contributed by atoms with E-state index in [0.717, 1.165) is 24.0 Å². The zero-order chi connectivity index (χ0) is 25.5. The van der Waals surface area contributed by atoms with Crippen LogP contribution >= 0.6 is 23.2 Å². The number of carboxylic acid groups (broad SMARTS) is 1. The molecule has 0 aromatic heterocycles. The highest BCUT2D eigenvalue weighted by Gasteiger charge is 2.48. The standard InChI is InChI=1S/C27H31Cl2NO5/c1-3-5-13-35-27(34)23(4-2)30-25(17-9-11-20(28)12-10-17)22(18-7-6-8-21(29)14-18)15-19(26(30)33)16-24(31)32/h6-12,14,19,22-23,25H,3-5,13,15-16H2,1-2H3,(H,31,32)/t19-,22+,23-,25+/m0/s1. The number of piperidine rings is 1. The van der Waals surface area contributed by atoms with Crippen molar-refractivity contribution in [3.05, 3.63) is 69.7 Å². The Balaban J connectivity index is 2.14. The number of hydrogen-bond donors (Lipinski definition) is 1. The van der Waals surface area contributed by atoms with E-state index >= 15 is 0 Å². The van der Waals surface area contributed by atoms with Crippen LogP contribution < -0.4 is 0 Å². The van der Waals surface area contributed by atoms with Crippen LogP contribution in [0.1, 0.15) is 69.0 Å². The van der Waals surface area contributed by atoms with Crippen LogP contribution in [-0.4, -0.2) is 40.5 Å². The van der Waals surface area contributed by atoms with Crippen molar-refractivity contribution in [1.82, 2.24) is 4.90 Å². The predicted molar refractivity (Wildman–Crippen MR) is 136 cm³/mol. The number of carbonyl (C=O) groups excluding carboxylic acids is 2. The van der Waals surface area contributed by atoms with Crippen molar-refractivity contribution in [2.45, 2.75) is 64.0 Å². The molecule has 6 nitrogen and oxygen atoms in total. The maximum atomic E-state index is 13.8. The van der Waals surface area contributed by atoms with Gasteiger partial charge in [-0.1, -0.05) is 67.7 Å². The second kappa shape index (κ2) is 12.4. The SMILES string of the molecule is CCCCOC(=O)[C@H](CC)N1C(=O)[C@H](CC(=O)O)C[C@H](c2cccc(Cl)c2)[C@H]1c1ccc(Cl)cc1. The number of likely N-dealkylation sites (tertiary alicyclic amines) is 1. The molecular formula is C27H31Cl2NO5. The van der Waals surface area contributed by atoms with Gasteiger partial charge in [0.25, 0.3) is 0 Å². The van der Waals surface area contributed by atoms with Crippen molar-refractivity contribution in [3.8, 4) is 0 Å². The lowest BCUT2D eigenvalue weighted by molar-refractivity contribution is -0.164. The molecule has 1 saturated heterocycles. The Morgan fingerprint density at radius 1 is 1.09 bits per heavy atom. The lowest BCUT2D eigenvalue weighted by Gasteiger charge is -2.47. The summed E-state index contributed by atoms with van der Waals surface area (Å²) in [7, 11) is 0. The third-order valence-corrected chi connectivity index (χ3v) is 6.96. The second-order valence-electron chi connectivity index (χ2n) is 8.88. The fraction of sp³-hybridized carbons (Fsp3) is 0.444. The number of ether oxygens (including phenoxy) is 1. The number of unbranched alkanes of at least 4 members (excludes halogenated alkanes) is 1. The molecule has 1 heterocycles. The molecule has 1 aliphatic heterocycles. The predicted octanol–water partition coefficient (Wildman–Crippen LogP) is 6.26. The van der Waals surface area contributed by atoms with Gasteiger partial charge in [-0.05, 0) is 54.7 Å². The van der Waals surface area contributed by atoms with Gasteiger partial charge in [0.1, 0.15) is 6.04 Å². The molecule has 35 heavy (non-hydrogen) atoms. The van der Waals surface area contributed by atoms with Crippen LogP contribution in [0.15, 0.2) is 48.5 Å². The second-order valence-corrected chi connectivity index (χ2v) is 9.75. The van der Waals surface area contributed by atoms with E-state index in [-0.39, 0.29) is 24.9 Å². The number of carbonyl (C=O) groups is 3. The Kier molecular flexibility index (Phi) is 9.58. The summed E-state index contributed by atoms with van der Waals surface area (Å²) in [4.78, 5) is 40.2. The van der Waals surface area contributed by atoms with Gasteiger partial charge in [-0.25, -0.2) is 4.79 Å². The van der Waals surface area contributed by atoms with Crippen molar-refractivity contribution in [1.29, 1.82) is 0 Å². The highest BCUT2D eigenvalue weighted by molar-refractivity contribution is 6.30. The number of carboxylic acids is 1. The molecule has 188 valence electrons. The maximum absolute atomic E-state index is 13.8. The molecular weight excluding hydrogens is 489 g/mol. The van der Waals surface area contributed by atoms with E-state index in [1.54, 1.807) is 23.1 Å². The van der Waals surface area contributed by atoms with E-state index in [2.05, 4.69) is 0 Å². The van der Waals surface area contributed by atoms with Gasteiger partial charge in [0, 0.05) is 21.9 Å². The summed E-state index contributed by atoms with van der Waals surface area (Å²) >= 11 is 12.5. The molecule has 0 aliphatic carbocycles. The van der Waals surface area contributed by atoms with Crippen LogP contribution in [0.3, 0.4) is 0 Å². The Bertz CT molecular complexity index is 1040. The van der Waals surface area contributed by atoms with E-state index in [4.69, 9.17) is 27.9 Å². The normalized spacial score (nSPS) is 21.0. The minimum absolute atomic E-state index is 0.274. The summed E-state index contributed by atoms with van der Waals surface area (Å²) in [5.74, 6) is -2.96. The van der Waals surface area contributed by atoms with Crippen molar-refractivity contribution in [2.24, 2.45) is 5.92 Å². The Labute approximate surface area is 216 Å². The molecule has 4 atom stereocenters. The summed E-state index contributed by atoms with van der Waals surface area (Å²) in [6.45, 7) is 4.10. The third-order valence-electron chi connectivity index (χ3n) is 6.47. The molecule has 1 N–H and O–H groups in total. The zero-order valence-corrected chi connectivity index (χ0v) is 21.5. The third kappa shape index (κ3) is 6.56. The van der Waals surface area contributed by atoms with Gasteiger partial charge in [0.15, 0.2) is 0 Å². The molecule has 1 aliphatic rings. The highest BCUT2D eigenvalue weighted by atomic mass is 35.5. The van der Waals surface area contributed by atoms with E-state index in [0.29, 0.717) is 22.9 Å². The number of benzene rings is 2. The first kappa shape index (κ1) is 27.0. The number of rotatable bonds is 10. The van der Waals surface area contributed by atoms with Crippen LogP contribution in [-0.2, 0) is 19.1 Å². The molecule has 0 saturated carbocycles. The van der Waals surface area contributed by atoms with Crippen molar-refractivity contribution >= 4 is 41.0 Å². The van der Waals surface area contributed by atoms with Crippen LogP contribution in [0, 0.1) is 5.92 Å². The van der Waals surface area contributed by atoms with Gasteiger partial charge >= 0.3 is 11.9 Å². The highest BCUT2D eigenvalue weighted by Crippen LogP contribution is 2.47. The van der Waals surface area contributed by atoms with E-state index < -0.39 is 29.9 Å². The lowest BCUT2D eigenvalue weighted by Crippen LogP contribution is -2.54. The molecule has 0 radical (unpaired) electrons. The zero-order valence-electron chi connectivity index (χ0n) is 20.0. The van der Waals surface area contributed by atoms with Gasteiger partial charge in [-0.2, -0.15) is 0 Å². The number of halogens is 2. The van der Waals surface area contributed by atoms with Gasteiger partial charge < -0.3 is 14.7 Å². The molecule has 2 aromatic rings. The minimum Gasteiger partial charge on any atom is -0.481 e. The number of amides is 1. The van der Waals surface area contributed by atoms with E-state index in [1.165, 1.54) is 0 Å². The average molecular weight is 520 g/mol. The van der Waals surface area contributed by atoms with E-state index in [9.17, 15) is 19.5 Å². The topological polar surface area (TPSA) is 83.9 Å². The van der Waals surface area contributed by atoms with Gasteiger partial charge in [0.05, 0.1) is 19.1 Å². The van der Waals surface area contributed by atoms with Crippen LogP contribution in [0.2, 0.25) is 10.0 Å². The molecule has 8 heteroatoms. The Morgan fingerprint density at radius 3 is 2.40 bits per heavy atom. The molecule has 0 bridgehead atoms. The van der Waals surface area contributed by atoms with Crippen LogP contribution in [0.25, 0.3) is 0 Å². The number of hydrogen-bond acceptors (Lipinski definition) is 4. The first-order valence-corrected chi connectivity index (χ1v) is 12.7. The maximum Gasteiger partial charge on any atom is 0.328 e. The largest absolute Gasteiger partial charge is 0.481 e. The van der Waals surface area contributed by atoms with Crippen molar-refractivity contribution in [3.63, 3.8) is 0 Å². The molecule has 1 amide bonds. The molecule has 0 unspecified atom stereocenters. The Hall–Kier alpha value is -2.57. The molecule has 3 rings (SSSR count). The first-order valence-electron chi connectivity index (χ1n) is 12.0. The first-order chi connectivity index (χ1) is 16.8. The number of esters is 1. The summed E-state index contributed by atoms with van der Waals surface area (Å²) in [5.41, 5.74) is 1.68. The Morgan fingerprint density at radius 2 is 1.80 bits per heavy atom. The summed E-state index contributed by atoms with van der Waals surface area (Å²) in [5, 5.41) is 10.6. The fourth-order valence-corrected chi connectivity index (χ4v) is 5.13.